The molecular formula is C13H16BrN3O2. The molecule has 1 atom stereocenters. The van der Waals surface area contributed by atoms with Crippen LogP contribution in [-0.4, -0.2) is 34.6 Å². The first-order chi connectivity index (χ1) is 9.19. The lowest BCUT2D eigenvalue weighted by atomic mass is 10.3. The molecule has 2 aromatic rings. The number of ether oxygens (including phenoxy) is 1. The van der Waals surface area contributed by atoms with E-state index < -0.39 is 6.10 Å². The highest BCUT2D eigenvalue weighted by Gasteiger charge is 2.06. The van der Waals surface area contributed by atoms with Crippen LogP contribution in [0.4, 0.5) is 5.69 Å². The summed E-state index contributed by atoms with van der Waals surface area (Å²) in [4.78, 5) is 0. The quantitative estimate of drug-likeness (QED) is 0.854. The average molecular weight is 326 g/mol. The molecule has 1 unspecified atom stereocenters. The Bertz CT molecular complexity index is 517. The summed E-state index contributed by atoms with van der Waals surface area (Å²) < 4.78 is 7.74. The summed E-state index contributed by atoms with van der Waals surface area (Å²) in [6.45, 7) is 0.927. The summed E-state index contributed by atoms with van der Waals surface area (Å²) in [6, 6.07) is 7.52. The lowest BCUT2D eigenvalue weighted by molar-refractivity contribution is 0.161. The largest absolute Gasteiger partial charge is 0.496 e. The van der Waals surface area contributed by atoms with Crippen molar-refractivity contribution in [1.82, 2.24) is 9.78 Å². The van der Waals surface area contributed by atoms with Crippen LogP contribution in [0.2, 0.25) is 0 Å². The highest BCUT2D eigenvalue weighted by molar-refractivity contribution is 9.10. The summed E-state index contributed by atoms with van der Waals surface area (Å²) in [7, 11) is 1.63. The van der Waals surface area contributed by atoms with E-state index >= 15 is 0 Å². The third-order valence-electron chi connectivity index (χ3n) is 2.65. The number of nitrogens with one attached hydrogen (secondary N) is 1. The predicted molar refractivity (Wildman–Crippen MR) is 77.4 cm³/mol. The first-order valence-electron chi connectivity index (χ1n) is 5.92. The SMILES string of the molecule is COc1ccc(NCC(O)Cn2cccn2)cc1Br. The number of methoxy groups -OCH3 is 1. The second-order valence-electron chi connectivity index (χ2n) is 4.11. The smallest absolute Gasteiger partial charge is 0.133 e. The standard InChI is InChI=1S/C13H16BrN3O2/c1-19-13-4-3-10(7-12(13)14)15-8-11(18)9-17-6-2-5-16-17/h2-7,11,15,18H,8-9H2,1H3. The van der Waals surface area contributed by atoms with Crippen molar-refractivity contribution in [1.29, 1.82) is 0 Å². The zero-order chi connectivity index (χ0) is 13.7. The number of anilines is 1. The molecule has 0 radical (unpaired) electrons. The maximum atomic E-state index is 9.89. The van der Waals surface area contributed by atoms with Crippen molar-refractivity contribution in [2.45, 2.75) is 12.6 Å². The van der Waals surface area contributed by atoms with Crippen LogP contribution in [0, 0.1) is 0 Å². The molecule has 0 fully saturated rings. The van der Waals surface area contributed by atoms with Gasteiger partial charge in [-0.05, 0) is 40.2 Å². The lowest BCUT2D eigenvalue weighted by Gasteiger charge is -2.13. The molecule has 5 nitrogen and oxygen atoms in total. The second kappa shape index (κ2) is 6.58. The molecular weight excluding hydrogens is 310 g/mol. The van der Waals surface area contributed by atoms with Crippen LogP contribution in [0.15, 0.2) is 41.1 Å². The van der Waals surface area contributed by atoms with Gasteiger partial charge in [-0.25, -0.2) is 0 Å². The Labute approximate surface area is 120 Å². The molecule has 0 aliphatic heterocycles. The molecule has 2 N–H and O–H groups in total. The van der Waals surface area contributed by atoms with Crippen LogP contribution >= 0.6 is 15.9 Å². The van der Waals surface area contributed by atoms with Crippen molar-refractivity contribution >= 4 is 21.6 Å². The van der Waals surface area contributed by atoms with E-state index in [1.54, 1.807) is 18.0 Å². The molecule has 102 valence electrons. The van der Waals surface area contributed by atoms with E-state index in [2.05, 4.69) is 26.3 Å². The molecule has 0 bridgehead atoms. The normalized spacial score (nSPS) is 12.2. The Morgan fingerprint density at radius 3 is 3.00 bits per heavy atom. The number of aliphatic hydroxyl groups excluding tert-OH is 1. The van der Waals surface area contributed by atoms with Crippen LogP contribution in [0.1, 0.15) is 0 Å². The fraction of sp³-hybridized carbons (Fsp3) is 0.308. The Balaban J connectivity index is 1.86. The van der Waals surface area contributed by atoms with Gasteiger partial charge in [-0.3, -0.25) is 4.68 Å². The number of halogens is 1. The molecule has 6 heteroatoms. The maximum Gasteiger partial charge on any atom is 0.133 e. The number of benzene rings is 1. The Hall–Kier alpha value is -1.53. The van der Waals surface area contributed by atoms with Gasteiger partial charge in [-0.2, -0.15) is 5.10 Å². The minimum absolute atomic E-state index is 0.457. The van der Waals surface area contributed by atoms with Crippen molar-refractivity contribution in [2.24, 2.45) is 0 Å². The van der Waals surface area contributed by atoms with Crippen LogP contribution in [0.25, 0.3) is 0 Å². The topological polar surface area (TPSA) is 59.3 Å². The summed E-state index contributed by atoms with van der Waals surface area (Å²) in [5.74, 6) is 0.780. The van der Waals surface area contributed by atoms with E-state index in [0.29, 0.717) is 13.1 Å². The van der Waals surface area contributed by atoms with Crippen LogP contribution < -0.4 is 10.1 Å². The first-order valence-corrected chi connectivity index (χ1v) is 6.71. The Kier molecular flexibility index (Phi) is 4.81. The van der Waals surface area contributed by atoms with Crippen molar-refractivity contribution in [3.63, 3.8) is 0 Å². The van der Waals surface area contributed by atoms with Gasteiger partial charge in [0.05, 0.1) is 24.2 Å². The molecule has 0 saturated heterocycles. The summed E-state index contributed by atoms with van der Waals surface area (Å²) in [5.41, 5.74) is 0.923. The van der Waals surface area contributed by atoms with Crippen LogP contribution in [-0.2, 0) is 6.54 Å². The molecule has 2 rings (SSSR count). The third-order valence-corrected chi connectivity index (χ3v) is 3.27. The number of aliphatic hydroxyl groups is 1. The Morgan fingerprint density at radius 1 is 1.53 bits per heavy atom. The van der Waals surface area contributed by atoms with Gasteiger partial charge < -0.3 is 15.2 Å². The fourth-order valence-electron chi connectivity index (χ4n) is 1.70. The number of aromatic nitrogens is 2. The molecule has 0 aliphatic rings. The van der Waals surface area contributed by atoms with Crippen LogP contribution in [0.3, 0.4) is 0 Å². The molecule has 0 aliphatic carbocycles. The van der Waals surface area contributed by atoms with Crippen molar-refractivity contribution < 1.29 is 9.84 Å². The highest BCUT2D eigenvalue weighted by atomic mass is 79.9. The fourth-order valence-corrected chi connectivity index (χ4v) is 2.24. The highest BCUT2D eigenvalue weighted by Crippen LogP contribution is 2.27. The minimum Gasteiger partial charge on any atom is -0.496 e. The van der Waals surface area contributed by atoms with Crippen molar-refractivity contribution in [3.8, 4) is 5.75 Å². The van der Waals surface area contributed by atoms with Gasteiger partial charge in [0.2, 0.25) is 0 Å². The minimum atomic E-state index is -0.499. The lowest BCUT2D eigenvalue weighted by Crippen LogP contribution is -2.25. The van der Waals surface area contributed by atoms with E-state index in [0.717, 1.165) is 15.9 Å². The van der Waals surface area contributed by atoms with Crippen molar-refractivity contribution in [3.05, 3.63) is 41.1 Å². The number of nitrogens with zero attached hydrogens (tertiary/aromatic N) is 2. The molecule has 0 spiro atoms. The molecule has 0 amide bonds. The van der Waals surface area contributed by atoms with Gasteiger partial charge in [0, 0.05) is 24.6 Å². The zero-order valence-electron chi connectivity index (χ0n) is 10.6. The molecule has 1 aromatic heterocycles. The van der Waals surface area contributed by atoms with Crippen LogP contribution in [0.5, 0.6) is 5.75 Å². The molecule has 1 aromatic carbocycles. The van der Waals surface area contributed by atoms with E-state index in [1.807, 2.05) is 30.5 Å². The van der Waals surface area contributed by atoms with Gasteiger partial charge in [-0.15, -0.1) is 0 Å². The second-order valence-corrected chi connectivity index (χ2v) is 4.97. The van der Waals surface area contributed by atoms with Gasteiger partial charge in [0.15, 0.2) is 0 Å². The van der Waals surface area contributed by atoms with Gasteiger partial charge in [0.1, 0.15) is 5.75 Å². The first kappa shape index (κ1) is 13.9. The third kappa shape index (κ3) is 3.97. The molecule has 19 heavy (non-hydrogen) atoms. The average Bonchev–Trinajstić information content (AvgIpc) is 2.89. The summed E-state index contributed by atoms with van der Waals surface area (Å²) in [6.07, 6.45) is 3.02. The maximum absolute atomic E-state index is 9.89. The van der Waals surface area contributed by atoms with Gasteiger partial charge in [-0.1, -0.05) is 0 Å². The molecule has 0 saturated carbocycles. The summed E-state index contributed by atoms with van der Waals surface area (Å²) >= 11 is 3.42. The van der Waals surface area contributed by atoms with Gasteiger partial charge >= 0.3 is 0 Å². The van der Waals surface area contributed by atoms with E-state index in [9.17, 15) is 5.11 Å². The van der Waals surface area contributed by atoms with Gasteiger partial charge in [0.25, 0.3) is 0 Å². The number of hydrogen-bond donors (Lipinski definition) is 2. The molecule has 1 heterocycles. The number of hydrogen-bond acceptors (Lipinski definition) is 4. The number of rotatable bonds is 6. The Morgan fingerprint density at radius 2 is 2.37 bits per heavy atom. The van der Waals surface area contributed by atoms with E-state index in [1.165, 1.54) is 0 Å². The monoisotopic (exact) mass is 325 g/mol. The predicted octanol–water partition coefficient (Wildman–Crippen LogP) is 2.13. The van der Waals surface area contributed by atoms with Crippen molar-refractivity contribution in [2.75, 3.05) is 19.0 Å². The zero-order valence-corrected chi connectivity index (χ0v) is 12.2. The summed E-state index contributed by atoms with van der Waals surface area (Å²) in [5, 5.41) is 17.1. The van der Waals surface area contributed by atoms with E-state index in [4.69, 9.17) is 4.74 Å². The van der Waals surface area contributed by atoms with E-state index in [-0.39, 0.29) is 0 Å².